The van der Waals surface area contributed by atoms with E-state index in [1.54, 1.807) is 14.0 Å². The van der Waals surface area contributed by atoms with Crippen LogP contribution in [-0.4, -0.2) is 58.3 Å². The Kier molecular flexibility index (Phi) is 3.92. The Labute approximate surface area is 123 Å². The molecule has 0 spiro atoms. The Balaban J connectivity index is 2.35. The Morgan fingerprint density at radius 2 is 2.43 bits per heavy atom. The normalized spacial score (nSPS) is 33.0. The molecule has 0 unspecified atom stereocenters. The van der Waals surface area contributed by atoms with Crippen LogP contribution in [0.25, 0.3) is 0 Å². The summed E-state index contributed by atoms with van der Waals surface area (Å²) in [5.74, 6) is 0.286. The minimum Gasteiger partial charge on any atom is -0.393 e. The first-order chi connectivity index (χ1) is 10.4. The molecule has 1 aliphatic rings. The third kappa shape index (κ3) is 2.54. The number of halogens is 1. The molecule has 118 valence electrons. The van der Waals surface area contributed by atoms with Gasteiger partial charge in [-0.2, -0.15) is 4.98 Å². The second-order valence-corrected chi connectivity index (χ2v) is 5.15. The molecule has 21 heavy (non-hydrogen) atoms. The molecule has 0 radical (unpaired) electrons. The van der Waals surface area contributed by atoms with Crippen LogP contribution in [-0.2, 0) is 4.74 Å². The first kappa shape index (κ1) is 14.4. The predicted octanol–water partition coefficient (Wildman–Crippen LogP) is -0.322. The standard InChI is InChI=1S/C13H20FN3O4/c1-4-13(7-18)10(19)9(14)11(21-13)17-6-5-8(16(2)3)15-12(17)20/h5-6,9-11,18-19H,4,7H2,1-3H3/t9-,10+,11-,13-/m1/s1/i2T. The van der Waals surface area contributed by atoms with Gasteiger partial charge in [-0.15, -0.1) is 0 Å². The highest BCUT2D eigenvalue weighted by atomic mass is 19.1. The van der Waals surface area contributed by atoms with E-state index in [1.807, 2.05) is 0 Å². The molecule has 1 saturated heterocycles. The van der Waals surface area contributed by atoms with Crippen molar-refractivity contribution in [1.82, 2.24) is 9.55 Å². The van der Waals surface area contributed by atoms with Gasteiger partial charge in [0.05, 0.1) is 6.61 Å². The van der Waals surface area contributed by atoms with Gasteiger partial charge < -0.3 is 19.8 Å². The fourth-order valence-electron chi connectivity index (χ4n) is 2.38. The molecule has 4 atom stereocenters. The van der Waals surface area contributed by atoms with Crippen LogP contribution in [0.15, 0.2) is 17.1 Å². The molecule has 0 bridgehead atoms. The molecule has 2 rings (SSSR count). The van der Waals surface area contributed by atoms with E-state index in [1.165, 1.54) is 17.2 Å². The number of nitrogens with zero attached hydrogens (tertiary/aromatic N) is 3. The lowest BCUT2D eigenvalue weighted by Crippen LogP contribution is -2.44. The average Bonchev–Trinajstić information content (AvgIpc) is 2.79. The van der Waals surface area contributed by atoms with Crippen LogP contribution in [0.4, 0.5) is 10.2 Å². The number of aliphatic hydroxyl groups is 2. The quantitative estimate of drug-likeness (QED) is 0.792. The number of aliphatic hydroxyl groups excluding tert-OH is 2. The van der Waals surface area contributed by atoms with E-state index in [0.29, 0.717) is 0 Å². The molecular weight excluding hydrogens is 281 g/mol. The molecule has 0 aliphatic carbocycles. The Morgan fingerprint density at radius 3 is 2.90 bits per heavy atom. The van der Waals surface area contributed by atoms with Crippen molar-refractivity contribution >= 4 is 5.82 Å². The minimum absolute atomic E-state index is 0.0791. The van der Waals surface area contributed by atoms with Crippen LogP contribution in [0.2, 0.25) is 0 Å². The lowest BCUT2D eigenvalue weighted by molar-refractivity contribution is -0.130. The summed E-state index contributed by atoms with van der Waals surface area (Å²) >= 11 is 0. The maximum atomic E-state index is 14.3. The van der Waals surface area contributed by atoms with Crippen molar-refractivity contribution < 1.29 is 20.7 Å². The topological polar surface area (TPSA) is 87.8 Å². The monoisotopic (exact) mass is 303 g/mol. The van der Waals surface area contributed by atoms with Gasteiger partial charge in [0.25, 0.3) is 0 Å². The van der Waals surface area contributed by atoms with Gasteiger partial charge in [-0.3, -0.25) is 4.57 Å². The minimum atomic E-state index is -1.86. The number of rotatable bonds is 4. The first-order valence-electron chi connectivity index (χ1n) is 7.31. The average molecular weight is 303 g/mol. The van der Waals surface area contributed by atoms with E-state index >= 15 is 0 Å². The molecule has 2 heterocycles. The zero-order valence-electron chi connectivity index (χ0n) is 12.9. The van der Waals surface area contributed by atoms with Crippen LogP contribution in [0.3, 0.4) is 0 Å². The predicted molar refractivity (Wildman–Crippen MR) is 74.0 cm³/mol. The van der Waals surface area contributed by atoms with Crippen molar-refractivity contribution in [2.24, 2.45) is 0 Å². The number of anilines is 1. The third-order valence-electron chi connectivity index (χ3n) is 3.82. The van der Waals surface area contributed by atoms with E-state index in [9.17, 15) is 19.4 Å². The molecule has 1 aliphatic heterocycles. The highest BCUT2D eigenvalue weighted by Crippen LogP contribution is 2.40. The smallest absolute Gasteiger partial charge is 0.351 e. The summed E-state index contributed by atoms with van der Waals surface area (Å²) in [7, 11) is 1.52. The second kappa shape index (κ2) is 5.70. The zero-order valence-corrected chi connectivity index (χ0v) is 11.9. The number of aromatic nitrogens is 2. The highest BCUT2D eigenvalue weighted by Gasteiger charge is 2.54. The molecular formula is C13H20FN3O4. The van der Waals surface area contributed by atoms with Gasteiger partial charge in [0.15, 0.2) is 12.4 Å². The van der Waals surface area contributed by atoms with Gasteiger partial charge in [-0.1, -0.05) is 6.92 Å². The summed E-state index contributed by atoms with van der Waals surface area (Å²) in [6, 6.07) is 1.46. The fourth-order valence-corrected chi connectivity index (χ4v) is 2.38. The Morgan fingerprint density at radius 1 is 1.71 bits per heavy atom. The van der Waals surface area contributed by atoms with E-state index in [4.69, 9.17) is 6.11 Å². The van der Waals surface area contributed by atoms with Crippen LogP contribution >= 0.6 is 0 Å². The Hall–Kier alpha value is -1.51. The second-order valence-electron chi connectivity index (χ2n) is 5.15. The highest BCUT2D eigenvalue weighted by molar-refractivity contribution is 5.33. The van der Waals surface area contributed by atoms with E-state index < -0.39 is 36.4 Å². The van der Waals surface area contributed by atoms with E-state index in [2.05, 4.69) is 4.98 Å². The van der Waals surface area contributed by atoms with E-state index in [-0.39, 0.29) is 19.3 Å². The van der Waals surface area contributed by atoms with Gasteiger partial charge in [0.1, 0.15) is 17.5 Å². The summed E-state index contributed by atoms with van der Waals surface area (Å²) in [6.07, 6.45) is -3.23. The van der Waals surface area contributed by atoms with Crippen molar-refractivity contribution in [2.75, 3.05) is 25.6 Å². The van der Waals surface area contributed by atoms with Crippen molar-refractivity contribution in [3.05, 3.63) is 22.7 Å². The molecule has 0 saturated carbocycles. The van der Waals surface area contributed by atoms with Crippen LogP contribution in [0.5, 0.6) is 0 Å². The van der Waals surface area contributed by atoms with Gasteiger partial charge in [0, 0.05) is 21.6 Å². The summed E-state index contributed by atoms with van der Waals surface area (Å²) < 4.78 is 28.0. The lowest BCUT2D eigenvalue weighted by atomic mass is 9.94. The number of hydrogen-bond donors (Lipinski definition) is 2. The summed E-state index contributed by atoms with van der Waals surface area (Å²) in [5.41, 5.74) is -2.18. The van der Waals surface area contributed by atoms with Crippen molar-refractivity contribution in [1.29, 1.82) is 0 Å². The zero-order chi connectivity index (χ0) is 16.5. The van der Waals surface area contributed by atoms with Crippen molar-refractivity contribution in [2.45, 2.75) is 37.4 Å². The molecule has 0 aromatic carbocycles. The molecule has 1 fully saturated rings. The lowest BCUT2D eigenvalue weighted by Gasteiger charge is -2.28. The van der Waals surface area contributed by atoms with E-state index in [0.717, 1.165) is 4.57 Å². The summed E-state index contributed by atoms with van der Waals surface area (Å²) in [6.45, 7) is 1.10. The third-order valence-corrected chi connectivity index (χ3v) is 3.82. The van der Waals surface area contributed by atoms with Gasteiger partial charge in [-0.25, -0.2) is 9.18 Å². The molecule has 7 nitrogen and oxygen atoms in total. The van der Waals surface area contributed by atoms with Crippen LogP contribution in [0.1, 0.15) is 20.9 Å². The molecule has 1 aromatic rings. The number of ether oxygens (including phenoxy) is 1. The summed E-state index contributed by atoms with van der Waals surface area (Å²) in [4.78, 5) is 17.3. The fraction of sp³-hybridized carbons (Fsp3) is 0.692. The number of hydrogen-bond acceptors (Lipinski definition) is 6. The molecule has 2 N–H and O–H groups in total. The van der Waals surface area contributed by atoms with Crippen molar-refractivity contribution in [3.8, 4) is 0 Å². The van der Waals surface area contributed by atoms with Gasteiger partial charge >= 0.3 is 5.69 Å². The maximum Gasteiger partial charge on any atom is 0.351 e. The van der Waals surface area contributed by atoms with Gasteiger partial charge in [0.2, 0.25) is 0 Å². The first-order valence-corrected chi connectivity index (χ1v) is 6.60. The summed E-state index contributed by atoms with van der Waals surface area (Å²) in [5, 5.41) is 19.4. The van der Waals surface area contributed by atoms with Crippen LogP contribution in [0, 0.1) is 0 Å². The van der Waals surface area contributed by atoms with Gasteiger partial charge in [-0.05, 0) is 12.5 Å². The number of alkyl halides is 1. The molecule has 0 amide bonds. The molecule has 1 aromatic heterocycles. The molecule has 8 heteroatoms. The maximum absolute atomic E-state index is 14.3. The Bertz CT molecular complexity index is 581. The largest absolute Gasteiger partial charge is 0.393 e. The van der Waals surface area contributed by atoms with Crippen LogP contribution < -0.4 is 10.6 Å². The van der Waals surface area contributed by atoms with Crippen molar-refractivity contribution in [3.63, 3.8) is 0 Å². The SMILES string of the molecule is [3H]CN(C)c1ccn([C@@H]2O[C@](CC)(CO)[C@@H](O)[C@H]2F)c(=O)n1.